The van der Waals surface area contributed by atoms with Crippen molar-refractivity contribution in [2.45, 2.75) is 6.92 Å². The fourth-order valence-electron chi connectivity index (χ4n) is 2.99. The molecule has 1 amide bonds. The molecule has 0 aliphatic carbocycles. The second-order valence-electron chi connectivity index (χ2n) is 6.39. The smallest absolute Gasteiger partial charge is 0.260 e. The molecule has 0 spiro atoms. The van der Waals surface area contributed by atoms with Crippen molar-refractivity contribution >= 4 is 50.3 Å². The van der Waals surface area contributed by atoms with Crippen molar-refractivity contribution in [2.75, 3.05) is 5.32 Å². The molecule has 0 unspecified atom stereocenters. The SMILES string of the molecule is [C-]#[N+]c1c(C)nsc1N=Nc1cc2ccccc2c(C(=O)Nc2ccccc2)c1O. The maximum Gasteiger partial charge on any atom is 0.260 e. The Morgan fingerprint density at radius 3 is 2.63 bits per heavy atom. The van der Waals surface area contributed by atoms with Crippen LogP contribution in [0.25, 0.3) is 15.6 Å². The van der Waals surface area contributed by atoms with E-state index in [1.807, 2.05) is 30.3 Å². The third-order valence-corrected chi connectivity index (χ3v) is 5.25. The third kappa shape index (κ3) is 3.62. The van der Waals surface area contributed by atoms with E-state index in [1.165, 1.54) is 0 Å². The van der Waals surface area contributed by atoms with Crippen LogP contribution in [0.1, 0.15) is 16.1 Å². The fraction of sp³-hybridized carbons (Fsp3) is 0.0455. The number of carbonyl (C=O) groups is 1. The number of hydrogen-bond acceptors (Lipinski definition) is 6. The van der Waals surface area contributed by atoms with Crippen LogP contribution in [0, 0.1) is 13.5 Å². The van der Waals surface area contributed by atoms with Crippen LogP contribution >= 0.6 is 11.5 Å². The van der Waals surface area contributed by atoms with Gasteiger partial charge in [0.05, 0.1) is 17.8 Å². The maximum absolute atomic E-state index is 13.0. The molecule has 0 fully saturated rings. The Labute approximate surface area is 176 Å². The highest BCUT2D eigenvalue weighted by Gasteiger charge is 2.20. The number of rotatable bonds is 4. The van der Waals surface area contributed by atoms with E-state index in [9.17, 15) is 9.90 Å². The fourth-order valence-corrected chi connectivity index (χ4v) is 3.66. The predicted molar refractivity (Wildman–Crippen MR) is 117 cm³/mol. The number of carbonyl (C=O) groups excluding carboxylic acids is 1. The van der Waals surface area contributed by atoms with E-state index in [-0.39, 0.29) is 17.0 Å². The van der Waals surface area contributed by atoms with Crippen LogP contribution < -0.4 is 5.32 Å². The van der Waals surface area contributed by atoms with Gasteiger partial charge in [-0.1, -0.05) is 42.5 Å². The van der Waals surface area contributed by atoms with Gasteiger partial charge in [0.2, 0.25) is 5.69 Å². The molecule has 0 saturated heterocycles. The van der Waals surface area contributed by atoms with Crippen LogP contribution in [0.15, 0.2) is 70.9 Å². The molecule has 0 bridgehead atoms. The molecule has 0 aliphatic rings. The van der Waals surface area contributed by atoms with Gasteiger partial charge < -0.3 is 10.4 Å². The number of phenolic OH excluding ortho intramolecular Hbond substituents is 1. The number of aromatic hydroxyl groups is 1. The molecule has 4 aromatic rings. The van der Waals surface area contributed by atoms with Crippen molar-refractivity contribution < 1.29 is 9.90 Å². The maximum atomic E-state index is 13.0. The van der Waals surface area contributed by atoms with Crippen LogP contribution in [0.5, 0.6) is 5.75 Å². The molecule has 3 aromatic carbocycles. The normalized spacial score (nSPS) is 10.9. The van der Waals surface area contributed by atoms with Gasteiger partial charge in [-0.15, -0.1) is 10.2 Å². The Balaban J connectivity index is 1.80. The Morgan fingerprint density at radius 1 is 1.13 bits per heavy atom. The minimum absolute atomic E-state index is 0.108. The highest BCUT2D eigenvalue weighted by atomic mass is 32.1. The van der Waals surface area contributed by atoms with Gasteiger partial charge in [-0.05, 0) is 47.4 Å². The third-order valence-electron chi connectivity index (χ3n) is 4.44. The Bertz CT molecular complexity index is 1320. The average molecular weight is 413 g/mol. The van der Waals surface area contributed by atoms with E-state index in [0.717, 1.165) is 16.9 Å². The summed E-state index contributed by atoms with van der Waals surface area (Å²) >= 11 is 1.06. The van der Waals surface area contributed by atoms with E-state index >= 15 is 0 Å². The molecule has 0 radical (unpaired) electrons. The zero-order valence-corrected chi connectivity index (χ0v) is 16.6. The van der Waals surface area contributed by atoms with Crippen molar-refractivity contribution in [1.29, 1.82) is 0 Å². The van der Waals surface area contributed by atoms with Crippen LogP contribution in [-0.4, -0.2) is 15.4 Å². The molecular weight excluding hydrogens is 398 g/mol. The summed E-state index contributed by atoms with van der Waals surface area (Å²) in [4.78, 5) is 16.4. The summed E-state index contributed by atoms with van der Waals surface area (Å²) in [6.07, 6.45) is 0. The van der Waals surface area contributed by atoms with Crippen molar-refractivity contribution in [3.8, 4) is 5.75 Å². The van der Waals surface area contributed by atoms with Gasteiger partial charge in [-0.25, -0.2) is 9.22 Å². The summed E-state index contributed by atoms with van der Waals surface area (Å²) in [5.74, 6) is -0.737. The van der Waals surface area contributed by atoms with Gasteiger partial charge in [0, 0.05) is 5.69 Å². The second kappa shape index (κ2) is 8.11. The zero-order valence-electron chi connectivity index (χ0n) is 15.8. The number of aromatic nitrogens is 1. The number of hydrogen-bond donors (Lipinski definition) is 2. The number of para-hydroxylation sites is 1. The monoisotopic (exact) mass is 413 g/mol. The van der Waals surface area contributed by atoms with Crippen LogP contribution in [-0.2, 0) is 0 Å². The van der Waals surface area contributed by atoms with Crippen molar-refractivity contribution in [3.05, 3.63) is 83.3 Å². The number of aryl methyl sites for hydroxylation is 1. The van der Waals surface area contributed by atoms with Crippen LogP contribution in [0.4, 0.5) is 22.1 Å². The minimum atomic E-state index is -0.456. The van der Waals surface area contributed by atoms with E-state index in [4.69, 9.17) is 6.57 Å². The summed E-state index contributed by atoms with van der Waals surface area (Å²) in [7, 11) is 0. The number of nitrogens with one attached hydrogen (secondary N) is 1. The van der Waals surface area contributed by atoms with Gasteiger partial charge >= 0.3 is 0 Å². The van der Waals surface area contributed by atoms with E-state index in [1.54, 1.807) is 37.3 Å². The number of nitrogens with zero attached hydrogens (tertiary/aromatic N) is 4. The summed E-state index contributed by atoms with van der Waals surface area (Å²) in [5, 5.41) is 23.5. The first-order chi connectivity index (χ1) is 14.6. The van der Waals surface area contributed by atoms with Gasteiger partial charge in [0.1, 0.15) is 5.69 Å². The number of fused-ring (bicyclic) bond motifs is 1. The first kappa shape index (κ1) is 19.2. The van der Waals surface area contributed by atoms with Crippen molar-refractivity contribution in [1.82, 2.24) is 4.37 Å². The van der Waals surface area contributed by atoms with Gasteiger partial charge in [0.15, 0.2) is 10.8 Å². The summed E-state index contributed by atoms with van der Waals surface area (Å²) < 4.78 is 4.11. The summed E-state index contributed by atoms with van der Waals surface area (Å²) in [6, 6.07) is 17.9. The van der Waals surface area contributed by atoms with E-state index < -0.39 is 5.91 Å². The molecule has 0 aliphatic heterocycles. The Morgan fingerprint density at radius 2 is 1.87 bits per heavy atom. The van der Waals surface area contributed by atoms with Crippen LogP contribution in [0.2, 0.25) is 0 Å². The highest BCUT2D eigenvalue weighted by molar-refractivity contribution is 7.10. The highest BCUT2D eigenvalue weighted by Crippen LogP contribution is 2.40. The average Bonchev–Trinajstić information content (AvgIpc) is 3.12. The minimum Gasteiger partial charge on any atom is -0.505 e. The van der Waals surface area contributed by atoms with Crippen LogP contribution in [0.3, 0.4) is 0 Å². The quantitative estimate of drug-likeness (QED) is 0.294. The molecule has 146 valence electrons. The number of amides is 1. The first-order valence-corrected chi connectivity index (χ1v) is 9.72. The summed E-state index contributed by atoms with van der Waals surface area (Å²) in [5.41, 5.74) is 1.76. The first-order valence-electron chi connectivity index (χ1n) is 8.95. The largest absolute Gasteiger partial charge is 0.505 e. The molecule has 4 rings (SSSR count). The topological polar surface area (TPSA) is 91.3 Å². The lowest BCUT2D eigenvalue weighted by molar-refractivity contribution is 0.102. The standard InChI is InChI=1S/C22H15N5O2S/c1-13-19(23-2)22(30-27-13)26-25-17-12-14-8-6-7-11-16(14)18(20(17)28)21(29)24-15-9-4-3-5-10-15/h3-12,28H,1H3,(H,24,29). The molecular formula is C22H15N5O2S. The lowest BCUT2D eigenvalue weighted by atomic mass is 10.0. The van der Waals surface area contributed by atoms with Gasteiger partial charge in [-0.2, -0.15) is 0 Å². The van der Waals surface area contributed by atoms with E-state index in [2.05, 4.69) is 24.8 Å². The Kier molecular flexibility index (Phi) is 5.20. The molecule has 1 aromatic heterocycles. The molecule has 8 heteroatoms. The number of anilines is 1. The predicted octanol–water partition coefficient (Wildman–Crippen LogP) is 6.53. The van der Waals surface area contributed by atoms with Crippen molar-refractivity contribution in [3.63, 3.8) is 0 Å². The lowest BCUT2D eigenvalue weighted by Gasteiger charge is -2.12. The number of benzene rings is 3. The number of azo groups is 1. The van der Waals surface area contributed by atoms with Gasteiger partial charge in [-0.3, -0.25) is 4.79 Å². The summed E-state index contributed by atoms with van der Waals surface area (Å²) in [6.45, 7) is 8.98. The Hall–Kier alpha value is -4.09. The lowest BCUT2D eigenvalue weighted by Crippen LogP contribution is -2.12. The van der Waals surface area contributed by atoms with E-state index in [0.29, 0.717) is 27.5 Å². The van der Waals surface area contributed by atoms with Gasteiger partial charge in [0.25, 0.3) is 5.91 Å². The second-order valence-corrected chi connectivity index (χ2v) is 7.15. The molecule has 7 nitrogen and oxygen atoms in total. The molecule has 2 N–H and O–H groups in total. The molecule has 1 heterocycles. The molecule has 30 heavy (non-hydrogen) atoms. The number of phenols is 1. The molecule has 0 saturated carbocycles. The zero-order chi connectivity index (χ0) is 21.1. The molecule has 0 atom stereocenters. The van der Waals surface area contributed by atoms with Crippen molar-refractivity contribution in [2.24, 2.45) is 10.2 Å².